The zero-order valence-electron chi connectivity index (χ0n) is 10.7. The molecule has 3 atom stereocenters. The average Bonchev–Trinajstić information content (AvgIpc) is 2.77. The van der Waals surface area contributed by atoms with Crippen LogP contribution in [0.25, 0.3) is 0 Å². The van der Waals surface area contributed by atoms with Gasteiger partial charge in [0.05, 0.1) is 23.8 Å². The van der Waals surface area contributed by atoms with Gasteiger partial charge in [0.25, 0.3) is 5.69 Å². The monoisotopic (exact) mass is 260 g/mol. The van der Waals surface area contributed by atoms with Gasteiger partial charge in [-0.3, -0.25) is 10.1 Å². The van der Waals surface area contributed by atoms with Gasteiger partial charge in [-0.25, -0.2) is 0 Å². The Hall–Kier alpha value is -2.04. The Bertz CT molecular complexity index is 541. The average molecular weight is 260 g/mol. The maximum absolute atomic E-state index is 10.7. The Morgan fingerprint density at radius 3 is 3.00 bits per heavy atom. The molecule has 3 unspecified atom stereocenters. The van der Waals surface area contributed by atoms with Gasteiger partial charge < -0.3 is 10.1 Å². The van der Waals surface area contributed by atoms with Crippen molar-refractivity contribution in [1.82, 2.24) is 0 Å². The van der Waals surface area contributed by atoms with Crippen LogP contribution in [0.1, 0.15) is 12.8 Å². The van der Waals surface area contributed by atoms with Crippen molar-refractivity contribution in [1.29, 1.82) is 0 Å². The second kappa shape index (κ2) is 4.57. The zero-order valence-corrected chi connectivity index (χ0v) is 10.7. The number of rotatable bonds is 4. The summed E-state index contributed by atoms with van der Waals surface area (Å²) in [5.41, 5.74) is 0.881. The van der Waals surface area contributed by atoms with E-state index in [-0.39, 0.29) is 5.69 Å². The number of nitrogens with one attached hydrogen (secondary N) is 1. The van der Waals surface area contributed by atoms with Crippen LogP contribution in [0.3, 0.4) is 0 Å². The number of fused-ring (bicyclic) bond motifs is 1. The molecule has 19 heavy (non-hydrogen) atoms. The van der Waals surface area contributed by atoms with E-state index in [0.717, 1.165) is 18.0 Å². The maximum atomic E-state index is 10.7. The van der Waals surface area contributed by atoms with E-state index < -0.39 is 4.92 Å². The molecule has 0 heterocycles. The molecule has 0 saturated heterocycles. The Morgan fingerprint density at radius 1 is 1.47 bits per heavy atom. The van der Waals surface area contributed by atoms with E-state index in [2.05, 4.69) is 17.5 Å². The van der Waals surface area contributed by atoms with Crippen LogP contribution in [0.15, 0.2) is 30.4 Å². The number of hydrogen-bond donors (Lipinski definition) is 1. The van der Waals surface area contributed by atoms with Crippen molar-refractivity contribution in [3.8, 4) is 5.75 Å². The molecule has 1 aromatic rings. The van der Waals surface area contributed by atoms with Gasteiger partial charge >= 0.3 is 0 Å². The Balaban J connectivity index is 1.77. The van der Waals surface area contributed by atoms with Crippen LogP contribution in [-0.2, 0) is 0 Å². The number of nitro benzene ring substituents is 1. The highest BCUT2D eigenvalue weighted by Crippen LogP contribution is 2.45. The van der Waals surface area contributed by atoms with Crippen molar-refractivity contribution in [3.05, 3.63) is 40.5 Å². The number of anilines is 1. The van der Waals surface area contributed by atoms with Gasteiger partial charge in [0, 0.05) is 18.0 Å². The fraction of sp³-hybridized carbons (Fsp3) is 0.429. The van der Waals surface area contributed by atoms with Crippen molar-refractivity contribution in [3.63, 3.8) is 0 Å². The second-order valence-corrected chi connectivity index (χ2v) is 5.13. The number of nitrogens with zero attached hydrogens (tertiary/aromatic N) is 1. The summed E-state index contributed by atoms with van der Waals surface area (Å²) in [5, 5.41) is 14.2. The van der Waals surface area contributed by atoms with Crippen molar-refractivity contribution in [2.75, 3.05) is 12.4 Å². The fourth-order valence-electron chi connectivity index (χ4n) is 3.00. The Morgan fingerprint density at radius 2 is 2.32 bits per heavy atom. The molecule has 1 aromatic carbocycles. The van der Waals surface area contributed by atoms with Crippen molar-refractivity contribution in [2.24, 2.45) is 11.8 Å². The van der Waals surface area contributed by atoms with Crippen LogP contribution < -0.4 is 10.1 Å². The molecule has 0 aromatic heterocycles. The number of allylic oxidation sites excluding steroid dienone is 1. The van der Waals surface area contributed by atoms with Crippen molar-refractivity contribution in [2.45, 2.75) is 18.9 Å². The number of ether oxygens (including phenoxy) is 1. The van der Waals surface area contributed by atoms with Gasteiger partial charge in [-0.1, -0.05) is 12.2 Å². The first-order valence-electron chi connectivity index (χ1n) is 6.44. The summed E-state index contributed by atoms with van der Waals surface area (Å²) < 4.78 is 5.23. The summed E-state index contributed by atoms with van der Waals surface area (Å²) in [5.74, 6) is 1.90. The molecular formula is C14H16N2O3. The summed E-state index contributed by atoms with van der Waals surface area (Å²) in [6.07, 6.45) is 6.84. The molecule has 0 bridgehead atoms. The zero-order chi connectivity index (χ0) is 13.4. The standard InChI is InChI=1S/C14H16N2O3/c1-19-14-8-10(16(17)18)5-6-12(14)15-13-7-9-3-2-4-11(9)13/h2,4-6,8-9,11,13,15H,3,7H2,1H3. The molecule has 0 spiro atoms. The number of non-ortho nitro benzene ring substituents is 1. The number of benzene rings is 1. The lowest BCUT2D eigenvalue weighted by atomic mass is 9.71. The Labute approximate surface area is 111 Å². The molecule has 3 rings (SSSR count). The predicted octanol–water partition coefficient (Wildman–Crippen LogP) is 2.98. The maximum Gasteiger partial charge on any atom is 0.273 e. The quantitative estimate of drug-likeness (QED) is 0.513. The largest absolute Gasteiger partial charge is 0.494 e. The summed E-state index contributed by atoms with van der Waals surface area (Å²) in [4.78, 5) is 10.3. The van der Waals surface area contributed by atoms with Crippen LogP contribution in [0.2, 0.25) is 0 Å². The third-order valence-electron chi connectivity index (χ3n) is 4.10. The van der Waals surface area contributed by atoms with Crippen LogP contribution in [0, 0.1) is 22.0 Å². The van der Waals surface area contributed by atoms with Crippen LogP contribution in [-0.4, -0.2) is 18.1 Å². The Kier molecular flexibility index (Phi) is 2.89. The van der Waals surface area contributed by atoms with Crippen LogP contribution in [0.4, 0.5) is 11.4 Å². The lowest BCUT2D eigenvalue weighted by Crippen LogP contribution is -2.43. The molecule has 1 fully saturated rings. The molecular weight excluding hydrogens is 244 g/mol. The van der Waals surface area contributed by atoms with Crippen molar-refractivity contribution < 1.29 is 9.66 Å². The van der Waals surface area contributed by atoms with Crippen LogP contribution >= 0.6 is 0 Å². The van der Waals surface area contributed by atoms with Gasteiger partial charge in [-0.2, -0.15) is 0 Å². The summed E-state index contributed by atoms with van der Waals surface area (Å²) in [7, 11) is 1.53. The fourth-order valence-corrected chi connectivity index (χ4v) is 3.00. The molecule has 1 N–H and O–H groups in total. The smallest absolute Gasteiger partial charge is 0.273 e. The topological polar surface area (TPSA) is 64.4 Å². The van der Waals surface area contributed by atoms with Gasteiger partial charge in [0.2, 0.25) is 0 Å². The molecule has 2 aliphatic carbocycles. The van der Waals surface area contributed by atoms with Gasteiger partial charge in [0.15, 0.2) is 0 Å². The minimum atomic E-state index is -0.411. The minimum absolute atomic E-state index is 0.0506. The second-order valence-electron chi connectivity index (χ2n) is 5.13. The highest BCUT2D eigenvalue weighted by molar-refractivity contribution is 5.61. The summed E-state index contributed by atoms with van der Waals surface area (Å²) >= 11 is 0. The third-order valence-corrected chi connectivity index (χ3v) is 4.10. The van der Waals surface area contributed by atoms with Gasteiger partial charge in [0.1, 0.15) is 5.75 Å². The van der Waals surface area contributed by atoms with Crippen molar-refractivity contribution >= 4 is 11.4 Å². The van der Waals surface area contributed by atoms with E-state index in [1.807, 2.05) is 0 Å². The molecule has 0 amide bonds. The summed E-state index contributed by atoms with van der Waals surface area (Å²) in [6, 6.07) is 5.11. The molecule has 0 aliphatic heterocycles. The first kappa shape index (κ1) is 12.0. The van der Waals surface area contributed by atoms with E-state index in [1.54, 1.807) is 6.07 Å². The van der Waals surface area contributed by atoms with E-state index in [1.165, 1.54) is 25.7 Å². The van der Waals surface area contributed by atoms with Gasteiger partial charge in [-0.15, -0.1) is 0 Å². The van der Waals surface area contributed by atoms with Crippen LogP contribution in [0.5, 0.6) is 5.75 Å². The third kappa shape index (κ3) is 2.05. The minimum Gasteiger partial charge on any atom is -0.494 e. The predicted molar refractivity (Wildman–Crippen MR) is 72.4 cm³/mol. The van der Waals surface area contributed by atoms with E-state index in [0.29, 0.717) is 17.7 Å². The first-order valence-corrected chi connectivity index (χ1v) is 6.44. The lowest BCUT2D eigenvalue weighted by molar-refractivity contribution is -0.384. The van der Waals surface area contributed by atoms with E-state index >= 15 is 0 Å². The highest BCUT2D eigenvalue weighted by atomic mass is 16.6. The molecule has 100 valence electrons. The normalized spacial score (nSPS) is 27.5. The number of hydrogen-bond acceptors (Lipinski definition) is 4. The van der Waals surface area contributed by atoms with E-state index in [9.17, 15) is 10.1 Å². The van der Waals surface area contributed by atoms with Gasteiger partial charge in [-0.05, 0) is 24.8 Å². The molecule has 0 radical (unpaired) electrons. The number of methoxy groups -OCH3 is 1. The highest BCUT2D eigenvalue weighted by Gasteiger charge is 2.41. The molecule has 5 nitrogen and oxygen atoms in total. The number of nitro groups is 1. The van der Waals surface area contributed by atoms with E-state index in [4.69, 9.17) is 4.74 Å². The molecule has 1 saturated carbocycles. The SMILES string of the molecule is COc1cc([N+](=O)[O-])ccc1NC1CC2CC=CC21. The molecule has 5 heteroatoms. The lowest BCUT2D eigenvalue weighted by Gasteiger charge is -2.41. The first-order chi connectivity index (χ1) is 9.19. The molecule has 2 aliphatic rings. The summed E-state index contributed by atoms with van der Waals surface area (Å²) in [6.45, 7) is 0.